The maximum atomic E-state index is 8.45. The van der Waals surface area contributed by atoms with Crippen molar-refractivity contribution in [2.24, 2.45) is 0 Å². The van der Waals surface area contributed by atoms with Gasteiger partial charge in [0.05, 0.1) is 12.5 Å². The monoisotopic (exact) mass is 175 g/mol. The summed E-state index contributed by atoms with van der Waals surface area (Å²) < 4.78 is 5.56. The summed E-state index contributed by atoms with van der Waals surface area (Å²) in [6.45, 7) is 3.89. The average molecular weight is 175 g/mol. The lowest BCUT2D eigenvalue weighted by Crippen LogP contribution is -2.10. The normalized spacial score (nSPS) is 11.8. The van der Waals surface area contributed by atoms with E-state index in [2.05, 4.69) is 6.07 Å². The summed E-state index contributed by atoms with van der Waals surface area (Å²) in [6, 6.07) is 9.90. The third kappa shape index (κ3) is 2.79. The van der Waals surface area contributed by atoms with Crippen LogP contribution in [0.3, 0.4) is 0 Å². The topological polar surface area (TPSA) is 33.0 Å². The second-order valence-corrected chi connectivity index (χ2v) is 3.06. The van der Waals surface area contributed by atoms with Gasteiger partial charge in [-0.1, -0.05) is 18.2 Å². The standard InChI is InChI=1S/C11H13NO/c1-9-5-3-4-6-11(9)13-10(2)7-8-12/h3-6,10H,7H2,1-2H3. The third-order valence-corrected chi connectivity index (χ3v) is 1.80. The predicted molar refractivity (Wildman–Crippen MR) is 51.5 cm³/mol. The highest BCUT2D eigenvalue weighted by molar-refractivity contribution is 5.31. The van der Waals surface area contributed by atoms with Gasteiger partial charge in [-0.3, -0.25) is 0 Å². The van der Waals surface area contributed by atoms with Crippen molar-refractivity contribution >= 4 is 0 Å². The van der Waals surface area contributed by atoms with E-state index >= 15 is 0 Å². The Morgan fingerprint density at radius 3 is 2.77 bits per heavy atom. The molecule has 1 aromatic rings. The van der Waals surface area contributed by atoms with Gasteiger partial charge in [0.1, 0.15) is 11.9 Å². The van der Waals surface area contributed by atoms with Crippen molar-refractivity contribution in [2.45, 2.75) is 26.4 Å². The van der Waals surface area contributed by atoms with E-state index in [0.717, 1.165) is 11.3 Å². The second kappa shape index (κ2) is 4.51. The molecule has 0 spiro atoms. The number of rotatable bonds is 3. The summed E-state index contributed by atoms with van der Waals surface area (Å²) in [5.74, 6) is 0.866. The molecule has 2 heteroatoms. The molecule has 68 valence electrons. The van der Waals surface area contributed by atoms with Crippen molar-refractivity contribution < 1.29 is 4.74 Å². The molecular weight excluding hydrogens is 162 g/mol. The maximum Gasteiger partial charge on any atom is 0.122 e. The van der Waals surface area contributed by atoms with Gasteiger partial charge in [-0.15, -0.1) is 0 Å². The van der Waals surface area contributed by atoms with Crippen molar-refractivity contribution in [3.63, 3.8) is 0 Å². The highest BCUT2D eigenvalue weighted by Crippen LogP contribution is 2.18. The van der Waals surface area contributed by atoms with Crippen LogP contribution in [0.1, 0.15) is 18.9 Å². The van der Waals surface area contributed by atoms with Crippen molar-refractivity contribution in [3.8, 4) is 11.8 Å². The van der Waals surface area contributed by atoms with Crippen LogP contribution in [0.15, 0.2) is 24.3 Å². The minimum Gasteiger partial charge on any atom is -0.489 e. The molecule has 13 heavy (non-hydrogen) atoms. The van der Waals surface area contributed by atoms with Gasteiger partial charge < -0.3 is 4.74 Å². The molecule has 0 aliphatic heterocycles. The first-order chi connectivity index (χ1) is 6.24. The SMILES string of the molecule is Cc1ccccc1OC(C)CC#N. The zero-order valence-corrected chi connectivity index (χ0v) is 7.95. The number of aryl methyl sites for hydroxylation is 1. The lowest BCUT2D eigenvalue weighted by molar-refractivity contribution is 0.225. The van der Waals surface area contributed by atoms with Gasteiger partial charge in [0.15, 0.2) is 0 Å². The number of nitrogens with zero attached hydrogens (tertiary/aromatic N) is 1. The molecule has 1 rings (SSSR count). The van der Waals surface area contributed by atoms with E-state index in [0.29, 0.717) is 6.42 Å². The van der Waals surface area contributed by atoms with Crippen molar-refractivity contribution in [3.05, 3.63) is 29.8 Å². The van der Waals surface area contributed by atoms with Gasteiger partial charge in [0.25, 0.3) is 0 Å². The van der Waals surface area contributed by atoms with Gasteiger partial charge in [0.2, 0.25) is 0 Å². The van der Waals surface area contributed by atoms with Crippen LogP contribution in [0.25, 0.3) is 0 Å². The number of hydrogen-bond donors (Lipinski definition) is 0. The van der Waals surface area contributed by atoms with Gasteiger partial charge in [0, 0.05) is 0 Å². The quantitative estimate of drug-likeness (QED) is 0.707. The van der Waals surface area contributed by atoms with Gasteiger partial charge >= 0.3 is 0 Å². The zero-order chi connectivity index (χ0) is 9.68. The Kier molecular flexibility index (Phi) is 3.33. The van der Waals surface area contributed by atoms with Crippen LogP contribution in [-0.2, 0) is 0 Å². The Morgan fingerprint density at radius 2 is 2.15 bits per heavy atom. The van der Waals surface area contributed by atoms with E-state index in [1.165, 1.54) is 0 Å². The van der Waals surface area contributed by atoms with Gasteiger partial charge in [-0.2, -0.15) is 5.26 Å². The molecule has 0 radical (unpaired) electrons. The molecule has 0 N–H and O–H groups in total. The minimum atomic E-state index is -0.0360. The molecule has 0 saturated carbocycles. The highest BCUT2D eigenvalue weighted by Gasteiger charge is 2.04. The predicted octanol–water partition coefficient (Wildman–Crippen LogP) is 2.68. The molecule has 0 bridgehead atoms. The molecule has 1 unspecified atom stereocenters. The summed E-state index contributed by atoms with van der Waals surface area (Å²) in [6.07, 6.45) is 0.389. The molecule has 1 aromatic carbocycles. The molecule has 0 amide bonds. The van der Waals surface area contributed by atoms with Crippen LogP contribution in [0, 0.1) is 18.3 Å². The molecule has 0 fully saturated rings. The van der Waals surface area contributed by atoms with Crippen molar-refractivity contribution in [2.75, 3.05) is 0 Å². The fourth-order valence-corrected chi connectivity index (χ4v) is 1.08. The molecule has 0 aromatic heterocycles. The summed E-state index contributed by atoms with van der Waals surface area (Å²) in [5.41, 5.74) is 1.10. The first kappa shape index (κ1) is 9.60. The average Bonchev–Trinajstić information content (AvgIpc) is 2.09. The third-order valence-electron chi connectivity index (χ3n) is 1.80. The van der Waals surface area contributed by atoms with Crippen LogP contribution in [0.5, 0.6) is 5.75 Å². The molecule has 0 aliphatic carbocycles. The van der Waals surface area contributed by atoms with Crippen molar-refractivity contribution in [1.29, 1.82) is 5.26 Å². The van der Waals surface area contributed by atoms with E-state index in [1.54, 1.807) is 0 Å². The maximum absolute atomic E-state index is 8.45. The number of nitriles is 1. The van der Waals surface area contributed by atoms with Crippen LogP contribution < -0.4 is 4.74 Å². The fourth-order valence-electron chi connectivity index (χ4n) is 1.08. The van der Waals surface area contributed by atoms with E-state index in [4.69, 9.17) is 10.00 Å². The largest absolute Gasteiger partial charge is 0.489 e. The number of hydrogen-bond acceptors (Lipinski definition) is 2. The van der Waals surface area contributed by atoms with Crippen LogP contribution in [-0.4, -0.2) is 6.10 Å². The molecule has 1 atom stereocenters. The number of benzene rings is 1. The summed E-state index contributed by atoms with van der Waals surface area (Å²) in [5, 5.41) is 8.45. The molecule has 0 aliphatic rings. The zero-order valence-electron chi connectivity index (χ0n) is 7.95. The first-order valence-corrected chi connectivity index (χ1v) is 4.33. The Hall–Kier alpha value is -1.49. The molecule has 0 heterocycles. The van der Waals surface area contributed by atoms with Gasteiger partial charge in [-0.25, -0.2) is 0 Å². The van der Waals surface area contributed by atoms with Crippen LogP contribution >= 0.6 is 0 Å². The van der Waals surface area contributed by atoms with Crippen molar-refractivity contribution in [1.82, 2.24) is 0 Å². The minimum absolute atomic E-state index is 0.0360. The van der Waals surface area contributed by atoms with Crippen LogP contribution in [0.2, 0.25) is 0 Å². The molecule has 2 nitrogen and oxygen atoms in total. The fraction of sp³-hybridized carbons (Fsp3) is 0.364. The van der Waals surface area contributed by atoms with E-state index in [-0.39, 0.29) is 6.10 Å². The Balaban J connectivity index is 2.64. The summed E-state index contributed by atoms with van der Waals surface area (Å²) in [4.78, 5) is 0. The van der Waals surface area contributed by atoms with Crippen LogP contribution in [0.4, 0.5) is 0 Å². The number of para-hydroxylation sites is 1. The molecular formula is C11H13NO. The second-order valence-electron chi connectivity index (χ2n) is 3.06. The smallest absolute Gasteiger partial charge is 0.122 e. The Labute approximate surface area is 78.8 Å². The Bertz CT molecular complexity index is 314. The molecule has 0 saturated heterocycles. The highest BCUT2D eigenvalue weighted by atomic mass is 16.5. The number of ether oxygens (including phenoxy) is 1. The van der Waals surface area contributed by atoms with E-state index < -0.39 is 0 Å². The summed E-state index contributed by atoms with van der Waals surface area (Å²) >= 11 is 0. The first-order valence-electron chi connectivity index (χ1n) is 4.33. The van der Waals surface area contributed by atoms with E-state index in [9.17, 15) is 0 Å². The lowest BCUT2D eigenvalue weighted by atomic mass is 10.2. The Morgan fingerprint density at radius 1 is 1.46 bits per heavy atom. The van der Waals surface area contributed by atoms with E-state index in [1.807, 2.05) is 38.1 Å². The van der Waals surface area contributed by atoms with Gasteiger partial charge in [-0.05, 0) is 25.5 Å². The lowest BCUT2D eigenvalue weighted by Gasteiger charge is -2.13. The summed E-state index contributed by atoms with van der Waals surface area (Å²) in [7, 11) is 0.